The van der Waals surface area contributed by atoms with Crippen LogP contribution in [0.1, 0.15) is 64.9 Å². The van der Waals surface area contributed by atoms with Gasteiger partial charge in [-0.1, -0.05) is 52.7 Å². The van der Waals surface area contributed by atoms with Crippen LogP contribution in [-0.4, -0.2) is 0 Å². The Hall–Kier alpha value is -0.980. The Kier molecular flexibility index (Phi) is 5.04. The highest BCUT2D eigenvalue weighted by atomic mass is 14.5. The summed E-state index contributed by atoms with van der Waals surface area (Å²) in [5.74, 6) is 0.651. The lowest BCUT2D eigenvalue weighted by molar-refractivity contribution is 0.286. The van der Waals surface area contributed by atoms with Gasteiger partial charge in [0.05, 0.1) is 0 Å². The standard InChI is InChI=1S/C16H27N/c1-5-8-14(12-16(3,4)6-2)13-9-7-10-15(17)11-13/h7,9-11,14H,5-6,8,12,17H2,1-4H3. The predicted molar refractivity (Wildman–Crippen MR) is 77.2 cm³/mol. The molecule has 1 nitrogen and oxygen atoms in total. The minimum atomic E-state index is 0.421. The first-order valence-corrected chi connectivity index (χ1v) is 6.84. The summed E-state index contributed by atoms with van der Waals surface area (Å²) in [5, 5.41) is 0. The zero-order valence-corrected chi connectivity index (χ0v) is 11.8. The molecule has 0 aliphatic rings. The van der Waals surface area contributed by atoms with Gasteiger partial charge < -0.3 is 5.73 Å². The molecule has 0 heterocycles. The molecule has 0 saturated carbocycles. The molecular formula is C16H27N. The molecule has 0 spiro atoms. The molecule has 1 atom stereocenters. The molecule has 0 saturated heterocycles. The number of nitrogen functional groups attached to an aromatic ring is 1. The van der Waals surface area contributed by atoms with E-state index in [0.29, 0.717) is 11.3 Å². The lowest BCUT2D eigenvalue weighted by Gasteiger charge is -2.29. The van der Waals surface area contributed by atoms with Gasteiger partial charge in [0.15, 0.2) is 0 Å². The van der Waals surface area contributed by atoms with Crippen LogP contribution in [0.15, 0.2) is 24.3 Å². The second kappa shape index (κ2) is 6.09. The largest absolute Gasteiger partial charge is 0.399 e. The summed E-state index contributed by atoms with van der Waals surface area (Å²) in [4.78, 5) is 0. The van der Waals surface area contributed by atoms with Crippen molar-refractivity contribution in [3.63, 3.8) is 0 Å². The third-order valence-electron chi connectivity index (χ3n) is 3.78. The Morgan fingerprint density at radius 3 is 2.47 bits per heavy atom. The van der Waals surface area contributed by atoms with Crippen LogP contribution in [0.4, 0.5) is 5.69 Å². The highest BCUT2D eigenvalue weighted by molar-refractivity contribution is 5.41. The van der Waals surface area contributed by atoms with Crippen LogP contribution in [0.25, 0.3) is 0 Å². The van der Waals surface area contributed by atoms with Gasteiger partial charge in [-0.3, -0.25) is 0 Å². The van der Waals surface area contributed by atoms with Gasteiger partial charge in [0, 0.05) is 5.69 Å². The van der Waals surface area contributed by atoms with E-state index < -0.39 is 0 Å². The molecule has 0 amide bonds. The maximum absolute atomic E-state index is 5.89. The summed E-state index contributed by atoms with van der Waals surface area (Å²) >= 11 is 0. The molecule has 1 rings (SSSR count). The van der Waals surface area contributed by atoms with Gasteiger partial charge in [-0.15, -0.1) is 0 Å². The molecule has 17 heavy (non-hydrogen) atoms. The van der Waals surface area contributed by atoms with Gasteiger partial charge in [0.2, 0.25) is 0 Å². The van der Waals surface area contributed by atoms with E-state index in [1.165, 1.54) is 31.2 Å². The van der Waals surface area contributed by atoms with E-state index in [4.69, 9.17) is 5.73 Å². The summed E-state index contributed by atoms with van der Waals surface area (Å²) in [7, 11) is 0. The smallest absolute Gasteiger partial charge is 0.0316 e. The van der Waals surface area contributed by atoms with Crippen LogP contribution in [0, 0.1) is 5.41 Å². The van der Waals surface area contributed by atoms with Crippen molar-refractivity contribution in [3.05, 3.63) is 29.8 Å². The molecule has 1 aromatic rings. The Bertz CT molecular complexity index is 341. The maximum atomic E-state index is 5.89. The molecule has 0 aromatic heterocycles. The minimum Gasteiger partial charge on any atom is -0.399 e. The zero-order chi connectivity index (χ0) is 12.9. The third-order valence-corrected chi connectivity index (χ3v) is 3.78. The number of hydrogen-bond donors (Lipinski definition) is 1. The molecule has 96 valence electrons. The van der Waals surface area contributed by atoms with Crippen molar-refractivity contribution >= 4 is 5.69 Å². The molecule has 2 N–H and O–H groups in total. The highest BCUT2D eigenvalue weighted by Gasteiger charge is 2.22. The quantitative estimate of drug-likeness (QED) is 0.689. The van der Waals surface area contributed by atoms with Crippen molar-refractivity contribution in [1.29, 1.82) is 0 Å². The summed E-state index contributed by atoms with van der Waals surface area (Å²) in [6, 6.07) is 8.41. The average molecular weight is 233 g/mol. The van der Waals surface area contributed by atoms with Crippen LogP contribution in [-0.2, 0) is 0 Å². The van der Waals surface area contributed by atoms with Gasteiger partial charge in [0.25, 0.3) is 0 Å². The van der Waals surface area contributed by atoms with E-state index in [1.54, 1.807) is 0 Å². The van der Waals surface area contributed by atoms with Crippen molar-refractivity contribution in [2.75, 3.05) is 5.73 Å². The molecule has 0 bridgehead atoms. The van der Waals surface area contributed by atoms with Crippen LogP contribution in [0.5, 0.6) is 0 Å². The first kappa shape index (κ1) is 14.1. The molecule has 1 aromatic carbocycles. The number of anilines is 1. The van der Waals surface area contributed by atoms with Gasteiger partial charge >= 0.3 is 0 Å². The van der Waals surface area contributed by atoms with E-state index in [1.807, 2.05) is 6.07 Å². The lowest BCUT2D eigenvalue weighted by atomic mass is 9.76. The number of rotatable bonds is 6. The fourth-order valence-electron chi connectivity index (χ4n) is 2.36. The van der Waals surface area contributed by atoms with Crippen molar-refractivity contribution in [2.24, 2.45) is 5.41 Å². The number of nitrogens with two attached hydrogens (primary N) is 1. The molecule has 0 aliphatic carbocycles. The minimum absolute atomic E-state index is 0.421. The highest BCUT2D eigenvalue weighted by Crippen LogP contribution is 2.37. The van der Waals surface area contributed by atoms with Gasteiger partial charge in [-0.25, -0.2) is 0 Å². The van der Waals surface area contributed by atoms with Crippen molar-refractivity contribution in [3.8, 4) is 0 Å². The lowest BCUT2D eigenvalue weighted by Crippen LogP contribution is -2.15. The van der Waals surface area contributed by atoms with Crippen LogP contribution in [0.2, 0.25) is 0 Å². The van der Waals surface area contributed by atoms with E-state index >= 15 is 0 Å². The maximum Gasteiger partial charge on any atom is 0.0316 e. The molecule has 1 unspecified atom stereocenters. The van der Waals surface area contributed by atoms with Crippen LogP contribution >= 0.6 is 0 Å². The molecule has 0 aliphatic heterocycles. The normalized spacial score (nSPS) is 13.6. The summed E-state index contributed by atoms with van der Waals surface area (Å²) < 4.78 is 0. The molecule has 1 heteroatoms. The fraction of sp³-hybridized carbons (Fsp3) is 0.625. The first-order chi connectivity index (χ1) is 7.98. The van der Waals surface area contributed by atoms with Gasteiger partial charge in [-0.2, -0.15) is 0 Å². The summed E-state index contributed by atoms with van der Waals surface area (Å²) in [5.41, 5.74) is 8.61. The molecule has 0 fully saturated rings. The monoisotopic (exact) mass is 233 g/mol. The second-order valence-electron chi connectivity index (χ2n) is 5.88. The van der Waals surface area contributed by atoms with Crippen LogP contribution in [0.3, 0.4) is 0 Å². The van der Waals surface area contributed by atoms with Crippen molar-refractivity contribution in [1.82, 2.24) is 0 Å². The van der Waals surface area contributed by atoms with E-state index in [2.05, 4.69) is 45.9 Å². The van der Waals surface area contributed by atoms with Crippen molar-refractivity contribution < 1.29 is 0 Å². The third kappa shape index (κ3) is 4.41. The van der Waals surface area contributed by atoms with Gasteiger partial charge in [0.1, 0.15) is 0 Å². The van der Waals surface area contributed by atoms with Crippen molar-refractivity contribution in [2.45, 2.75) is 59.3 Å². The second-order valence-corrected chi connectivity index (χ2v) is 5.88. The number of hydrogen-bond acceptors (Lipinski definition) is 1. The van der Waals surface area contributed by atoms with E-state index in [9.17, 15) is 0 Å². The van der Waals surface area contributed by atoms with E-state index in [0.717, 1.165) is 5.69 Å². The average Bonchev–Trinajstić information content (AvgIpc) is 2.28. The Labute approximate surface area is 106 Å². The number of benzene rings is 1. The molecular weight excluding hydrogens is 206 g/mol. The Balaban J connectivity index is 2.85. The fourth-order valence-corrected chi connectivity index (χ4v) is 2.36. The molecule has 0 radical (unpaired) electrons. The van der Waals surface area contributed by atoms with Crippen LogP contribution < -0.4 is 5.73 Å². The zero-order valence-electron chi connectivity index (χ0n) is 11.8. The Morgan fingerprint density at radius 1 is 1.24 bits per heavy atom. The summed E-state index contributed by atoms with van der Waals surface area (Å²) in [6.45, 7) is 9.27. The SMILES string of the molecule is CCCC(CC(C)(C)CC)c1cccc(N)c1. The predicted octanol–water partition coefficient (Wildman–Crippen LogP) is 4.98. The Morgan fingerprint density at radius 2 is 1.94 bits per heavy atom. The van der Waals surface area contributed by atoms with E-state index in [-0.39, 0.29) is 0 Å². The first-order valence-electron chi connectivity index (χ1n) is 6.84. The topological polar surface area (TPSA) is 26.0 Å². The van der Waals surface area contributed by atoms with Gasteiger partial charge in [-0.05, 0) is 41.9 Å². The summed E-state index contributed by atoms with van der Waals surface area (Å²) in [6.07, 6.45) is 4.97.